The molecular formula is C14H19N2O. The molecule has 3 atom stereocenters. The molecule has 1 N–H and O–H groups in total. The van der Waals surface area contributed by atoms with Gasteiger partial charge < -0.3 is 5.11 Å². The quantitative estimate of drug-likeness (QED) is 0.829. The van der Waals surface area contributed by atoms with Crippen LogP contribution in [0.25, 0.3) is 0 Å². The standard InChI is InChI=1S/C14H19N2O/c17-12-7-9-16(10-12)14-13(6-8-15-14)11-4-2-1-3-5-11/h1-5,12-14,17H,6-10H2/t12-,13-,14?/m1/s1. The summed E-state index contributed by atoms with van der Waals surface area (Å²) in [7, 11) is 0. The maximum atomic E-state index is 9.63. The lowest BCUT2D eigenvalue weighted by Gasteiger charge is -2.28. The highest BCUT2D eigenvalue weighted by molar-refractivity contribution is 5.22. The summed E-state index contributed by atoms with van der Waals surface area (Å²) >= 11 is 0. The van der Waals surface area contributed by atoms with Crippen LogP contribution in [0.1, 0.15) is 24.3 Å². The second-order valence-corrected chi connectivity index (χ2v) is 5.06. The van der Waals surface area contributed by atoms with Gasteiger partial charge in [-0.25, -0.2) is 5.32 Å². The molecule has 2 aliphatic rings. The van der Waals surface area contributed by atoms with E-state index in [9.17, 15) is 5.11 Å². The van der Waals surface area contributed by atoms with Crippen molar-refractivity contribution in [2.45, 2.75) is 31.0 Å². The first kappa shape index (κ1) is 11.2. The molecule has 1 aromatic carbocycles. The minimum Gasteiger partial charge on any atom is -0.392 e. The van der Waals surface area contributed by atoms with Crippen molar-refractivity contribution in [2.24, 2.45) is 0 Å². The number of aliphatic hydroxyl groups is 1. The lowest BCUT2D eigenvalue weighted by atomic mass is 9.95. The van der Waals surface area contributed by atoms with Crippen molar-refractivity contribution in [3.63, 3.8) is 0 Å². The highest BCUT2D eigenvalue weighted by Gasteiger charge is 2.36. The Morgan fingerprint density at radius 2 is 2.00 bits per heavy atom. The van der Waals surface area contributed by atoms with E-state index >= 15 is 0 Å². The van der Waals surface area contributed by atoms with Gasteiger partial charge in [-0.3, -0.25) is 4.90 Å². The van der Waals surface area contributed by atoms with E-state index in [1.54, 1.807) is 0 Å². The molecule has 17 heavy (non-hydrogen) atoms. The fraction of sp³-hybridized carbons (Fsp3) is 0.571. The molecule has 0 aliphatic carbocycles. The van der Waals surface area contributed by atoms with Gasteiger partial charge in [0.1, 0.15) is 0 Å². The average molecular weight is 231 g/mol. The van der Waals surface area contributed by atoms with Crippen LogP contribution in [0.2, 0.25) is 0 Å². The normalized spacial score (nSPS) is 34.3. The van der Waals surface area contributed by atoms with Gasteiger partial charge in [0, 0.05) is 25.6 Å². The summed E-state index contributed by atoms with van der Waals surface area (Å²) in [6.07, 6.45) is 2.17. The van der Waals surface area contributed by atoms with Crippen LogP contribution in [-0.2, 0) is 0 Å². The van der Waals surface area contributed by atoms with Gasteiger partial charge in [0.05, 0.1) is 12.3 Å². The Labute approximate surface area is 102 Å². The number of hydrogen-bond acceptors (Lipinski definition) is 2. The Morgan fingerprint density at radius 3 is 2.71 bits per heavy atom. The molecule has 0 spiro atoms. The van der Waals surface area contributed by atoms with Gasteiger partial charge in [-0.1, -0.05) is 30.3 Å². The van der Waals surface area contributed by atoms with Crippen molar-refractivity contribution in [1.82, 2.24) is 10.2 Å². The number of aliphatic hydroxyl groups excluding tert-OH is 1. The van der Waals surface area contributed by atoms with Gasteiger partial charge in [0.15, 0.2) is 0 Å². The van der Waals surface area contributed by atoms with E-state index in [0.29, 0.717) is 5.92 Å². The average Bonchev–Trinajstić information content (AvgIpc) is 2.98. The number of rotatable bonds is 2. The first-order valence-corrected chi connectivity index (χ1v) is 6.48. The van der Waals surface area contributed by atoms with Gasteiger partial charge in [-0.2, -0.15) is 0 Å². The van der Waals surface area contributed by atoms with E-state index in [2.05, 4.69) is 35.2 Å². The molecule has 3 heteroatoms. The van der Waals surface area contributed by atoms with Crippen LogP contribution < -0.4 is 5.32 Å². The third-order valence-electron chi connectivity index (χ3n) is 3.91. The summed E-state index contributed by atoms with van der Waals surface area (Å²) in [4.78, 5) is 2.34. The van der Waals surface area contributed by atoms with E-state index in [0.717, 1.165) is 32.5 Å². The fourth-order valence-corrected chi connectivity index (χ4v) is 3.04. The summed E-state index contributed by atoms with van der Waals surface area (Å²) < 4.78 is 0. The molecule has 3 rings (SSSR count). The Bertz CT molecular complexity index is 368. The molecule has 1 radical (unpaired) electrons. The zero-order chi connectivity index (χ0) is 11.7. The monoisotopic (exact) mass is 231 g/mol. The molecule has 3 nitrogen and oxygen atoms in total. The van der Waals surface area contributed by atoms with Gasteiger partial charge in [0.25, 0.3) is 0 Å². The lowest BCUT2D eigenvalue weighted by Crippen LogP contribution is -2.40. The van der Waals surface area contributed by atoms with Crippen molar-refractivity contribution in [3.05, 3.63) is 35.9 Å². The van der Waals surface area contributed by atoms with Crippen LogP contribution >= 0.6 is 0 Å². The predicted octanol–water partition coefficient (Wildman–Crippen LogP) is 1.17. The number of benzene rings is 1. The number of hydrogen-bond donors (Lipinski definition) is 1. The summed E-state index contributed by atoms with van der Waals surface area (Å²) in [5.74, 6) is 0.515. The largest absolute Gasteiger partial charge is 0.392 e. The third kappa shape index (κ3) is 2.23. The highest BCUT2D eigenvalue weighted by Crippen LogP contribution is 2.32. The van der Waals surface area contributed by atoms with Crippen LogP contribution in [0.5, 0.6) is 0 Å². The molecular weight excluding hydrogens is 212 g/mol. The van der Waals surface area contributed by atoms with Crippen LogP contribution in [0.15, 0.2) is 30.3 Å². The third-order valence-corrected chi connectivity index (χ3v) is 3.91. The molecule has 2 heterocycles. The molecule has 2 fully saturated rings. The molecule has 1 unspecified atom stereocenters. The number of nitrogens with zero attached hydrogens (tertiary/aromatic N) is 2. The van der Waals surface area contributed by atoms with Gasteiger partial charge in [-0.05, 0) is 18.4 Å². The van der Waals surface area contributed by atoms with Gasteiger partial charge in [-0.15, -0.1) is 0 Å². The van der Waals surface area contributed by atoms with Crippen LogP contribution in [-0.4, -0.2) is 41.9 Å². The Balaban J connectivity index is 1.76. The van der Waals surface area contributed by atoms with Crippen molar-refractivity contribution in [2.75, 3.05) is 19.6 Å². The predicted molar refractivity (Wildman–Crippen MR) is 66.8 cm³/mol. The van der Waals surface area contributed by atoms with Gasteiger partial charge in [0.2, 0.25) is 0 Å². The van der Waals surface area contributed by atoms with E-state index < -0.39 is 0 Å². The lowest BCUT2D eigenvalue weighted by molar-refractivity contribution is 0.146. The Kier molecular flexibility index (Phi) is 3.14. The zero-order valence-corrected chi connectivity index (χ0v) is 10.00. The summed E-state index contributed by atoms with van der Waals surface area (Å²) in [6, 6.07) is 10.7. The summed E-state index contributed by atoms with van der Waals surface area (Å²) in [5.41, 5.74) is 1.39. The molecule has 1 aromatic rings. The van der Waals surface area contributed by atoms with Crippen molar-refractivity contribution >= 4 is 0 Å². The summed E-state index contributed by atoms with van der Waals surface area (Å²) in [6.45, 7) is 2.73. The topological polar surface area (TPSA) is 37.6 Å². The molecule has 0 saturated carbocycles. The first-order chi connectivity index (χ1) is 8.34. The molecule has 0 aromatic heterocycles. The van der Waals surface area contributed by atoms with E-state index in [1.807, 2.05) is 0 Å². The summed E-state index contributed by atoms with van der Waals surface area (Å²) in [5, 5.41) is 14.4. The van der Waals surface area contributed by atoms with Gasteiger partial charge >= 0.3 is 0 Å². The van der Waals surface area contributed by atoms with Crippen molar-refractivity contribution in [1.29, 1.82) is 0 Å². The smallest absolute Gasteiger partial charge is 0.0831 e. The van der Waals surface area contributed by atoms with Crippen LogP contribution in [0.4, 0.5) is 0 Å². The second-order valence-electron chi connectivity index (χ2n) is 5.06. The highest BCUT2D eigenvalue weighted by atomic mass is 16.3. The van der Waals surface area contributed by atoms with E-state index in [4.69, 9.17) is 5.32 Å². The van der Waals surface area contributed by atoms with Crippen molar-refractivity contribution in [3.8, 4) is 0 Å². The number of likely N-dealkylation sites (tertiary alicyclic amines) is 1. The first-order valence-electron chi connectivity index (χ1n) is 6.48. The van der Waals surface area contributed by atoms with Crippen molar-refractivity contribution < 1.29 is 5.11 Å². The SMILES string of the molecule is O[C@@H]1CCN(C2[N]CC[C@@H]2c2ccccc2)C1. The molecule has 2 saturated heterocycles. The minimum atomic E-state index is -0.151. The fourth-order valence-electron chi connectivity index (χ4n) is 3.04. The Morgan fingerprint density at radius 1 is 1.18 bits per heavy atom. The maximum Gasteiger partial charge on any atom is 0.0831 e. The maximum absolute atomic E-state index is 9.63. The number of β-amino-alcohol motifs (C(OH)–C–C–N with tert-alkyl or cyclic N) is 1. The van der Waals surface area contributed by atoms with Crippen LogP contribution in [0, 0.1) is 0 Å². The van der Waals surface area contributed by atoms with Crippen LogP contribution in [0.3, 0.4) is 0 Å². The second kappa shape index (κ2) is 4.77. The van der Waals surface area contributed by atoms with E-state index in [1.165, 1.54) is 5.56 Å². The molecule has 0 bridgehead atoms. The Hall–Kier alpha value is -0.900. The molecule has 91 valence electrons. The van der Waals surface area contributed by atoms with E-state index in [-0.39, 0.29) is 12.3 Å². The molecule has 2 aliphatic heterocycles. The zero-order valence-electron chi connectivity index (χ0n) is 10.00. The minimum absolute atomic E-state index is 0.151. The molecule has 0 amide bonds.